The molecule has 0 aliphatic carbocycles. The number of amides is 1. The van der Waals surface area contributed by atoms with Crippen LogP contribution in [-0.2, 0) is 4.79 Å². The Morgan fingerprint density at radius 2 is 1.76 bits per heavy atom. The predicted molar refractivity (Wildman–Crippen MR) is 90.0 cm³/mol. The Morgan fingerprint density at radius 1 is 1.14 bits per heavy atom. The highest BCUT2D eigenvalue weighted by Gasteiger charge is 2.29. The molecular weight excluding hydrogens is 260 g/mol. The third-order valence-electron chi connectivity index (χ3n) is 4.62. The second kappa shape index (κ2) is 7.13. The molecule has 124 valence electrons. The molecule has 0 saturated carbocycles. The predicted octanol–water partition coefficient (Wildman–Crippen LogP) is 3.81. The van der Waals surface area contributed by atoms with Gasteiger partial charge in [0.15, 0.2) is 0 Å². The first-order valence-electron chi connectivity index (χ1n) is 8.52. The van der Waals surface area contributed by atoms with Gasteiger partial charge in [-0.05, 0) is 42.4 Å². The summed E-state index contributed by atoms with van der Waals surface area (Å²) in [5.74, 6) is 0.972. The molecule has 2 unspecified atom stereocenters. The summed E-state index contributed by atoms with van der Waals surface area (Å²) in [7, 11) is 0. The van der Waals surface area contributed by atoms with Crippen molar-refractivity contribution in [1.82, 2.24) is 4.90 Å². The van der Waals surface area contributed by atoms with Crippen LogP contribution in [0.15, 0.2) is 0 Å². The minimum absolute atomic E-state index is 0.0147. The zero-order valence-corrected chi connectivity index (χ0v) is 15.0. The standard InChI is InChI=1S/C18H36N2O/c1-17(2,3)13-15(19)12-16(21)20-10-7-8-14(9-11-20)18(4,5)6/h14-15H,7-13,19H2,1-6H3. The van der Waals surface area contributed by atoms with E-state index >= 15 is 0 Å². The summed E-state index contributed by atoms with van der Waals surface area (Å²) in [4.78, 5) is 14.5. The van der Waals surface area contributed by atoms with Crippen molar-refractivity contribution in [3.63, 3.8) is 0 Å². The molecule has 1 saturated heterocycles. The number of carbonyl (C=O) groups is 1. The van der Waals surface area contributed by atoms with Gasteiger partial charge in [0.25, 0.3) is 0 Å². The normalized spacial score (nSPS) is 22.8. The molecule has 1 fully saturated rings. The van der Waals surface area contributed by atoms with Gasteiger partial charge in [-0.25, -0.2) is 0 Å². The summed E-state index contributed by atoms with van der Waals surface area (Å²) in [6, 6.07) is -0.0147. The van der Waals surface area contributed by atoms with E-state index in [4.69, 9.17) is 5.73 Å². The maximum absolute atomic E-state index is 12.4. The van der Waals surface area contributed by atoms with Gasteiger partial charge in [-0.15, -0.1) is 0 Å². The van der Waals surface area contributed by atoms with Crippen molar-refractivity contribution in [3.05, 3.63) is 0 Å². The number of likely N-dealkylation sites (tertiary alicyclic amines) is 1. The molecule has 2 atom stereocenters. The summed E-state index contributed by atoms with van der Waals surface area (Å²) >= 11 is 0. The number of hydrogen-bond acceptors (Lipinski definition) is 2. The lowest BCUT2D eigenvalue weighted by atomic mass is 9.77. The van der Waals surface area contributed by atoms with Crippen LogP contribution in [0.2, 0.25) is 0 Å². The lowest BCUT2D eigenvalue weighted by Gasteiger charge is -2.30. The van der Waals surface area contributed by atoms with E-state index in [1.807, 2.05) is 4.90 Å². The number of nitrogens with zero attached hydrogens (tertiary/aromatic N) is 1. The molecule has 0 aromatic carbocycles. The molecule has 0 aromatic heterocycles. The average molecular weight is 296 g/mol. The van der Waals surface area contributed by atoms with E-state index in [1.54, 1.807) is 0 Å². The Labute approximate surface area is 131 Å². The molecule has 1 amide bonds. The first-order chi connectivity index (χ1) is 9.49. The van der Waals surface area contributed by atoms with Crippen molar-refractivity contribution in [1.29, 1.82) is 0 Å². The van der Waals surface area contributed by atoms with Gasteiger partial charge < -0.3 is 10.6 Å². The quantitative estimate of drug-likeness (QED) is 0.860. The van der Waals surface area contributed by atoms with Crippen molar-refractivity contribution in [2.75, 3.05) is 13.1 Å². The van der Waals surface area contributed by atoms with E-state index in [2.05, 4.69) is 41.5 Å². The summed E-state index contributed by atoms with van der Waals surface area (Å²) in [6.07, 6.45) is 4.89. The van der Waals surface area contributed by atoms with Gasteiger partial charge in [0.2, 0.25) is 5.91 Å². The number of hydrogen-bond donors (Lipinski definition) is 1. The Bertz CT molecular complexity index is 338. The van der Waals surface area contributed by atoms with Crippen LogP contribution in [0.3, 0.4) is 0 Å². The fourth-order valence-corrected chi connectivity index (χ4v) is 3.42. The van der Waals surface area contributed by atoms with E-state index in [9.17, 15) is 4.79 Å². The number of nitrogens with two attached hydrogens (primary N) is 1. The van der Waals surface area contributed by atoms with Crippen molar-refractivity contribution >= 4 is 5.91 Å². The molecule has 21 heavy (non-hydrogen) atoms. The topological polar surface area (TPSA) is 46.3 Å². The second-order valence-corrected chi connectivity index (χ2v) is 9.10. The van der Waals surface area contributed by atoms with Crippen LogP contribution in [0, 0.1) is 16.7 Å². The van der Waals surface area contributed by atoms with Gasteiger partial charge in [-0.1, -0.05) is 41.5 Å². The molecule has 1 aliphatic rings. The molecule has 1 heterocycles. The van der Waals surface area contributed by atoms with E-state index in [1.165, 1.54) is 6.42 Å². The summed E-state index contributed by atoms with van der Waals surface area (Å²) < 4.78 is 0. The molecule has 2 N–H and O–H groups in total. The second-order valence-electron chi connectivity index (χ2n) is 9.10. The van der Waals surface area contributed by atoms with Crippen LogP contribution in [-0.4, -0.2) is 29.9 Å². The van der Waals surface area contributed by atoms with Crippen molar-refractivity contribution in [2.24, 2.45) is 22.5 Å². The summed E-state index contributed by atoms with van der Waals surface area (Å²) in [6.45, 7) is 15.3. The van der Waals surface area contributed by atoms with Gasteiger partial charge in [0.05, 0.1) is 0 Å². The van der Waals surface area contributed by atoms with Crippen LogP contribution >= 0.6 is 0 Å². The Balaban J connectivity index is 2.49. The first-order valence-corrected chi connectivity index (χ1v) is 8.52. The molecule has 3 nitrogen and oxygen atoms in total. The van der Waals surface area contributed by atoms with Crippen LogP contribution in [0.1, 0.15) is 73.6 Å². The van der Waals surface area contributed by atoms with Crippen LogP contribution < -0.4 is 5.73 Å². The summed E-state index contributed by atoms with van der Waals surface area (Å²) in [5.41, 5.74) is 6.69. The van der Waals surface area contributed by atoms with Crippen molar-refractivity contribution in [2.45, 2.75) is 79.7 Å². The van der Waals surface area contributed by atoms with Crippen molar-refractivity contribution < 1.29 is 4.79 Å². The smallest absolute Gasteiger partial charge is 0.224 e. The molecule has 1 rings (SSSR count). The molecule has 3 heteroatoms. The highest BCUT2D eigenvalue weighted by Crippen LogP contribution is 2.34. The number of carbonyl (C=O) groups excluding carboxylic acids is 1. The zero-order chi connectivity index (χ0) is 16.3. The number of rotatable bonds is 3. The minimum Gasteiger partial charge on any atom is -0.343 e. The van der Waals surface area contributed by atoms with E-state index < -0.39 is 0 Å². The van der Waals surface area contributed by atoms with Gasteiger partial charge in [-0.2, -0.15) is 0 Å². The zero-order valence-electron chi connectivity index (χ0n) is 15.0. The highest BCUT2D eigenvalue weighted by atomic mass is 16.2. The van der Waals surface area contributed by atoms with Crippen LogP contribution in [0.4, 0.5) is 0 Å². The molecular formula is C18H36N2O. The Morgan fingerprint density at radius 3 is 2.29 bits per heavy atom. The van der Waals surface area contributed by atoms with Gasteiger partial charge in [-0.3, -0.25) is 4.79 Å². The third-order valence-corrected chi connectivity index (χ3v) is 4.62. The fraction of sp³-hybridized carbons (Fsp3) is 0.944. The summed E-state index contributed by atoms with van der Waals surface area (Å²) in [5, 5.41) is 0. The minimum atomic E-state index is -0.0147. The van der Waals surface area contributed by atoms with Gasteiger partial charge >= 0.3 is 0 Å². The molecule has 0 aromatic rings. The lowest BCUT2D eigenvalue weighted by molar-refractivity contribution is -0.131. The largest absolute Gasteiger partial charge is 0.343 e. The van der Waals surface area contributed by atoms with Crippen LogP contribution in [0.25, 0.3) is 0 Å². The van der Waals surface area contributed by atoms with E-state index in [0.717, 1.165) is 38.3 Å². The SMILES string of the molecule is CC(C)(C)CC(N)CC(=O)N1CCCC(C(C)(C)C)CC1. The Hall–Kier alpha value is -0.570. The van der Waals surface area contributed by atoms with Gasteiger partial charge in [0.1, 0.15) is 0 Å². The van der Waals surface area contributed by atoms with E-state index in [-0.39, 0.29) is 17.4 Å². The maximum atomic E-state index is 12.4. The highest BCUT2D eigenvalue weighted by molar-refractivity contribution is 5.76. The molecule has 0 bridgehead atoms. The molecule has 1 aliphatic heterocycles. The van der Waals surface area contributed by atoms with Gasteiger partial charge in [0, 0.05) is 25.6 Å². The average Bonchev–Trinajstić information content (AvgIpc) is 2.50. The fourth-order valence-electron chi connectivity index (χ4n) is 3.42. The van der Waals surface area contributed by atoms with Crippen LogP contribution in [0.5, 0.6) is 0 Å². The third kappa shape index (κ3) is 6.82. The maximum Gasteiger partial charge on any atom is 0.224 e. The lowest BCUT2D eigenvalue weighted by Crippen LogP contribution is -2.38. The first kappa shape index (κ1) is 18.5. The monoisotopic (exact) mass is 296 g/mol. The Kier molecular flexibility index (Phi) is 6.27. The molecule has 0 spiro atoms. The van der Waals surface area contributed by atoms with Crippen molar-refractivity contribution in [3.8, 4) is 0 Å². The van der Waals surface area contributed by atoms with E-state index in [0.29, 0.717) is 11.8 Å². The molecule has 0 radical (unpaired) electrons.